The zero-order valence-corrected chi connectivity index (χ0v) is 12.9. The van der Waals surface area contributed by atoms with E-state index in [1.807, 2.05) is 25.1 Å². The number of para-hydroxylation sites is 2. The van der Waals surface area contributed by atoms with Gasteiger partial charge in [-0.3, -0.25) is 0 Å². The summed E-state index contributed by atoms with van der Waals surface area (Å²) in [7, 11) is 0. The summed E-state index contributed by atoms with van der Waals surface area (Å²) in [6.07, 6.45) is 0. The third kappa shape index (κ3) is 2.22. The van der Waals surface area contributed by atoms with Crippen molar-refractivity contribution in [3.8, 4) is 0 Å². The van der Waals surface area contributed by atoms with Crippen LogP contribution in [-0.2, 0) is 0 Å². The molecule has 2 N–H and O–H groups in total. The number of thiophene rings is 1. The van der Waals surface area contributed by atoms with Crippen LogP contribution in [0.4, 0.5) is 0 Å². The lowest BCUT2D eigenvalue weighted by molar-refractivity contribution is 0.604. The molecule has 3 nitrogen and oxygen atoms in total. The first kappa shape index (κ1) is 12.8. The molecule has 0 saturated heterocycles. The highest BCUT2D eigenvalue weighted by molar-refractivity contribution is 9.11. The van der Waals surface area contributed by atoms with Crippen LogP contribution in [0.3, 0.4) is 0 Å². The summed E-state index contributed by atoms with van der Waals surface area (Å²) in [5, 5.41) is 0. The monoisotopic (exact) mass is 335 g/mol. The van der Waals surface area contributed by atoms with Crippen molar-refractivity contribution in [2.75, 3.05) is 6.54 Å². The topological polar surface area (TPSA) is 43.8 Å². The smallest absolute Gasteiger partial charge is 0.107 e. The molecule has 2 heterocycles. The fourth-order valence-electron chi connectivity index (χ4n) is 2.41. The van der Waals surface area contributed by atoms with Crippen LogP contribution in [0.5, 0.6) is 0 Å². The molecule has 1 atom stereocenters. The molecule has 0 bridgehead atoms. The molecule has 0 aliphatic rings. The molecule has 5 heteroatoms. The minimum Gasteiger partial charge on any atom is -0.328 e. The first-order valence-electron chi connectivity index (χ1n) is 6.09. The number of rotatable bonds is 3. The molecule has 0 amide bonds. The molecule has 3 rings (SSSR count). The SMILES string of the molecule is Cc1nc2ccccc2n1C(CN)c1ccc(Br)s1. The Hall–Kier alpha value is -1.17. The van der Waals surface area contributed by atoms with Crippen molar-refractivity contribution in [2.45, 2.75) is 13.0 Å². The number of nitrogens with two attached hydrogens (primary N) is 1. The fourth-order valence-corrected chi connectivity index (χ4v) is 3.94. The molecule has 0 aliphatic carbocycles. The Balaban J connectivity index is 2.18. The number of benzene rings is 1. The van der Waals surface area contributed by atoms with Crippen LogP contribution in [0.25, 0.3) is 11.0 Å². The Morgan fingerprint density at radius 3 is 2.79 bits per heavy atom. The van der Waals surface area contributed by atoms with Crippen LogP contribution in [0.2, 0.25) is 0 Å². The van der Waals surface area contributed by atoms with Gasteiger partial charge in [0.2, 0.25) is 0 Å². The summed E-state index contributed by atoms with van der Waals surface area (Å²) in [5.41, 5.74) is 8.17. The molecule has 1 unspecified atom stereocenters. The number of aromatic nitrogens is 2. The number of imidazole rings is 1. The predicted molar refractivity (Wildman–Crippen MR) is 83.7 cm³/mol. The van der Waals surface area contributed by atoms with Crippen molar-refractivity contribution in [2.24, 2.45) is 5.73 Å². The molecular formula is C14H14BrN3S. The Morgan fingerprint density at radius 2 is 2.11 bits per heavy atom. The highest BCUT2D eigenvalue weighted by Crippen LogP contribution is 2.32. The second-order valence-electron chi connectivity index (χ2n) is 4.41. The van der Waals surface area contributed by atoms with E-state index in [1.165, 1.54) is 4.88 Å². The molecule has 2 aromatic heterocycles. The summed E-state index contributed by atoms with van der Waals surface area (Å²) in [4.78, 5) is 5.87. The van der Waals surface area contributed by atoms with Crippen molar-refractivity contribution >= 4 is 38.3 Å². The van der Waals surface area contributed by atoms with Gasteiger partial charge in [0.25, 0.3) is 0 Å². The van der Waals surface area contributed by atoms with Crippen molar-refractivity contribution in [1.29, 1.82) is 0 Å². The Kier molecular flexibility index (Phi) is 3.43. The number of aryl methyl sites for hydroxylation is 1. The zero-order chi connectivity index (χ0) is 13.4. The van der Waals surface area contributed by atoms with Gasteiger partial charge >= 0.3 is 0 Å². The quantitative estimate of drug-likeness (QED) is 0.792. The molecule has 0 fully saturated rings. The van der Waals surface area contributed by atoms with E-state index in [0.29, 0.717) is 6.54 Å². The Bertz CT molecular complexity index is 716. The molecule has 19 heavy (non-hydrogen) atoms. The molecule has 0 spiro atoms. The average Bonchev–Trinajstić information content (AvgIpc) is 2.96. The van der Waals surface area contributed by atoms with Crippen LogP contribution in [0, 0.1) is 6.92 Å². The first-order valence-corrected chi connectivity index (χ1v) is 7.70. The summed E-state index contributed by atoms with van der Waals surface area (Å²) in [5.74, 6) is 1.00. The molecule has 0 radical (unpaired) electrons. The van der Waals surface area contributed by atoms with Gasteiger partial charge < -0.3 is 10.3 Å². The maximum absolute atomic E-state index is 6.01. The lowest BCUT2D eigenvalue weighted by Crippen LogP contribution is -2.20. The van der Waals surface area contributed by atoms with E-state index in [1.54, 1.807) is 11.3 Å². The second kappa shape index (κ2) is 5.07. The van der Waals surface area contributed by atoms with Crippen LogP contribution in [-0.4, -0.2) is 16.1 Å². The highest BCUT2D eigenvalue weighted by Gasteiger charge is 2.19. The van der Waals surface area contributed by atoms with Gasteiger partial charge in [0.15, 0.2) is 0 Å². The molecule has 0 saturated carbocycles. The number of nitrogens with zero attached hydrogens (tertiary/aromatic N) is 2. The van der Waals surface area contributed by atoms with Crippen molar-refractivity contribution in [3.63, 3.8) is 0 Å². The molecule has 0 aliphatic heterocycles. The maximum atomic E-state index is 6.01. The Morgan fingerprint density at radius 1 is 1.32 bits per heavy atom. The van der Waals surface area contributed by atoms with Gasteiger partial charge in [0.05, 0.1) is 20.9 Å². The second-order valence-corrected chi connectivity index (χ2v) is 6.91. The van der Waals surface area contributed by atoms with E-state index in [4.69, 9.17) is 5.73 Å². The Labute approximate surface area is 124 Å². The third-order valence-corrected chi connectivity index (χ3v) is 4.95. The van der Waals surface area contributed by atoms with Gasteiger partial charge in [0, 0.05) is 11.4 Å². The standard InChI is InChI=1S/C14H14BrN3S/c1-9-17-10-4-2-3-5-11(10)18(9)12(8-16)13-6-7-14(15)19-13/h2-7,12H,8,16H2,1H3. The van der Waals surface area contributed by atoms with Gasteiger partial charge in [0.1, 0.15) is 5.82 Å². The lowest BCUT2D eigenvalue weighted by Gasteiger charge is -2.18. The van der Waals surface area contributed by atoms with E-state index in [0.717, 1.165) is 20.6 Å². The maximum Gasteiger partial charge on any atom is 0.107 e. The van der Waals surface area contributed by atoms with Crippen molar-refractivity contribution < 1.29 is 0 Å². The van der Waals surface area contributed by atoms with Crippen LogP contribution >= 0.6 is 27.3 Å². The zero-order valence-electron chi connectivity index (χ0n) is 10.5. The lowest BCUT2D eigenvalue weighted by atomic mass is 10.2. The number of halogens is 1. The first-order chi connectivity index (χ1) is 9.20. The van der Waals surface area contributed by atoms with Crippen LogP contribution in [0.15, 0.2) is 40.2 Å². The summed E-state index contributed by atoms with van der Waals surface area (Å²) >= 11 is 5.24. The van der Waals surface area contributed by atoms with Gasteiger partial charge in [-0.25, -0.2) is 4.98 Å². The van der Waals surface area contributed by atoms with E-state index < -0.39 is 0 Å². The average molecular weight is 336 g/mol. The molecular weight excluding hydrogens is 322 g/mol. The minimum absolute atomic E-state index is 0.142. The largest absolute Gasteiger partial charge is 0.328 e. The van der Waals surface area contributed by atoms with Crippen molar-refractivity contribution in [3.05, 3.63) is 50.9 Å². The van der Waals surface area contributed by atoms with E-state index in [-0.39, 0.29) is 6.04 Å². The molecule has 3 aromatic rings. The molecule has 98 valence electrons. The van der Waals surface area contributed by atoms with Crippen LogP contribution < -0.4 is 5.73 Å². The number of hydrogen-bond acceptors (Lipinski definition) is 3. The normalized spacial score (nSPS) is 13.0. The number of hydrogen-bond donors (Lipinski definition) is 1. The van der Waals surface area contributed by atoms with Gasteiger partial charge in [-0.1, -0.05) is 12.1 Å². The van der Waals surface area contributed by atoms with Gasteiger partial charge in [-0.05, 0) is 47.1 Å². The summed E-state index contributed by atoms with van der Waals surface area (Å²) in [6.45, 7) is 2.60. The van der Waals surface area contributed by atoms with Crippen molar-refractivity contribution in [1.82, 2.24) is 9.55 Å². The highest BCUT2D eigenvalue weighted by atomic mass is 79.9. The minimum atomic E-state index is 0.142. The summed E-state index contributed by atoms with van der Waals surface area (Å²) in [6, 6.07) is 12.5. The van der Waals surface area contributed by atoms with Gasteiger partial charge in [-0.2, -0.15) is 0 Å². The summed E-state index contributed by atoms with van der Waals surface area (Å²) < 4.78 is 3.36. The number of fused-ring (bicyclic) bond motifs is 1. The van der Waals surface area contributed by atoms with E-state index in [2.05, 4.69) is 43.7 Å². The van der Waals surface area contributed by atoms with Gasteiger partial charge in [-0.15, -0.1) is 11.3 Å². The third-order valence-electron chi connectivity index (χ3n) is 3.23. The fraction of sp³-hybridized carbons (Fsp3) is 0.214. The van der Waals surface area contributed by atoms with E-state index >= 15 is 0 Å². The van der Waals surface area contributed by atoms with E-state index in [9.17, 15) is 0 Å². The van der Waals surface area contributed by atoms with Crippen LogP contribution in [0.1, 0.15) is 16.7 Å². The predicted octanol–water partition coefficient (Wildman–Crippen LogP) is 3.72. The molecule has 1 aromatic carbocycles.